The zero-order chi connectivity index (χ0) is 10.1. The summed E-state index contributed by atoms with van der Waals surface area (Å²) in [6, 6.07) is 1.78. The van der Waals surface area contributed by atoms with Crippen molar-refractivity contribution in [3.63, 3.8) is 0 Å². The van der Waals surface area contributed by atoms with E-state index in [1.54, 1.807) is 18.5 Å². The Balaban J connectivity index is 2.21. The minimum Gasteiger partial charge on any atom is -0.396 e. The van der Waals surface area contributed by atoms with E-state index < -0.39 is 12.2 Å². The minimum atomic E-state index is -0.692. The molecule has 1 aromatic heterocycles. The molecule has 2 heterocycles. The third-order valence-electron chi connectivity index (χ3n) is 2.43. The lowest BCUT2D eigenvalue weighted by Crippen LogP contribution is -2.22. The number of aromatic nitrogens is 1. The molecule has 5 nitrogen and oxygen atoms in total. The third kappa shape index (κ3) is 1.51. The molecule has 5 heteroatoms. The molecule has 76 valence electrons. The second-order valence-electron chi connectivity index (χ2n) is 3.47. The Morgan fingerprint density at radius 2 is 2.00 bits per heavy atom. The maximum atomic E-state index is 9.37. The molecule has 2 atom stereocenters. The number of β-amino-alcohol motifs (C(OH)–C–C–N with tert-alkyl or cyclic N) is 2. The van der Waals surface area contributed by atoms with Gasteiger partial charge in [0.1, 0.15) is 0 Å². The second-order valence-corrected chi connectivity index (χ2v) is 3.47. The number of hydrogen-bond acceptors (Lipinski definition) is 5. The smallest absolute Gasteiger partial charge is 0.0990 e. The molecule has 1 aliphatic heterocycles. The quantitative estimate of drug-likeness (QED) is 0.547. The number of aliphatic hydroxyl groups is 2. The van der Waals surface area contributed by atoms with Crippen molar-refractivity contribution < 1.29 is 10.2 Å². The number of nitrogens with two attached hydrogens (primary N) is 1. The fraction of sp³-hybridized carbons (Fsp3) is 0.444. The summed E-state index contributed by atoms with van der Waals surface area (Å²) >= 11 is 0. The normalized spacial score (nSPS) is 26.9. The van der Waals surface area contributed by atoms with Crippen molar-refractivity contribution in [1.29, 1.82) is 0 Å². The largest absolute Gasteiger partial charge is 0.396 e. The van der Waals surface area contributed by atoms with Crippen LogP contribution in [0.4, 0.5) is 11.4 Å². The van der Waals surface area contributed by atoms with Crippen LogP contribution < -0.4 is 10.6 Å². The van der Waals surface area contributed by atoms with E-state index in [0.29, 0.717) is 18.8 Å². The number of rotatable bonds is 1. The maximum Gasteiger partial charge on any atom is 0.0990 e. The molecule has 4 N–H and O–H groups in total. The molecule has 0 saturated carbocycles. The van der Waals surface area contributed by atoms with Crippen LogP contribution in [0, 0.1) is 0 Å². The van der Waals surface area contributed by atoms with Gasteiger partial charge in [0.15, 0.2) is 0 Å². The van der Waals surface area contributed by atoms with Crippen LogP contribution in [0.15, 0.2) is 18.5 Å². The van der Waals surface area contributed by atoms with Crippen LogP contribution in [0.2, 0.25) is 0 Å². The first-order valence-corrected chi connectivity index (χ1v) is 4.49. The lowest BCUT2D eigenvalue weighted by Gasteiger charge is -2.18. The van der Waals surface area contributed by atoms with Gasteiger partial charge in [-0.25, -0.2) is 0 Å². The molecule has 0 amide bonds. The van der Waals surface area contributed by atoms with Crippen LogP contribution in [-0.2, 0) is 0 Å². The van der Waals surface area contributed by atoms with E-state index in [9.17, 15) is 10.2 Å². The summed E-state index contributed by atoms with van der Waals surface area (Å²) < 4.78 is 0. The van der Waals surface area contributed by atoms with Crippen molar-refractivity contribution in [3.05, 3.63) is 18.5 Å². The van der Waals surface area contributed by atoms with Gasteiger partial charge >= 0.3 is 0 Å². The third-order valence-corrected chi connectivity index (χ3v) is 2.43. The average Bonchev–Trinajstić information content (AvgIpc) is 2.48. The fourth-order valence-electron chi connectivity index (χ4n) is 1.65. The van der Waals surface area contributed by atoms with Gasteiger partial charge < -0.3 is 20.8 Å². The molecule has 0 radical (unpaired) electrons. The molecule has 1 saturated heterocycles. The second kappa shape index (κ2) is 3.43. The van der Waals surface area contributed by atoms with Crippen LogP contribution in [-0.4, -0.2) is 40.5 Å². The highest BCUT2D eigenvalue weighted by atomic mass is 16.3. The lowest BCUT2D eigenvalue weighted by molar-refractivity contribution is 0.0572. The highest BCUT2D eigenvalue weighted by molar-refractivity contribution is 5.66. The summed E-state index contributed by atoms with van der Waals surface area (Å²) in [6.07, 6.45) is 1.82. The molecule has 0 aromatic carbocycles. The average molecular weight is 195 g/mol. The fourth-order valence-corrected chi connectivity index (χ4v) is 1.65. The Kier molecular flexibility index (Phi) is 2.26. The standard InChI is InChI=1S/C9H13N3O2/c10-6-3-11-2-1-7(6)12-4-8(13)9(14)5-12/h1-3,8-9,13-14H,4-5,10H2/t8-,9-/m1/s1. The maximum absolute atomic E-state index is 9.37. The first-order chi connectivity index (χ1) is 6.68. The SMILES string of the molecule is Nc1cnccc1N1C[C@@H](O)[C@H](O)C1. The molecule has 14 heavy (non-hydrogen) atoms. The number of aliphatic hydroxyl groups excluding tert-OH is 2. The van der Waals surface area contributed by atoms with Gasteiger partial charge in [-0.1, -0.05) is 0 Å². The molecule has 0 unspecified atom stereocenters. The molecule has 0 aliphatic carbocycles. The molecule has 1 aliphatic rings. The molecule has 0 spiro atoms. The van der Waals surface area contributed by atoms with E-state index in [2.05, 4.69) is 4.98 Å². The number of anilines is 2. The predicted octanol–water partition coefficient (Wildman–Crippen LogP) is -0.794. The molecule has 1 fully saturated rings. The van der Waals surface area contributed by atoms with Gasteiger partial charge in [-0.2, -0.15) is 0 Å². The van der Waals surface area contributed by atoms with Crippen LogP contribution in [0.1, 0.15) is 0 Å². The Bertz CT molecular complexity index is 322. The van der Waals surface area contributed by atoms with Gasteiger partial charge in [0, 0.05) is 19.3 Å². The molecular formula is C9H13N3O2. The van der Waals surface area contributed by atoms with Crippen molar-refractivity contribution in [1.82, 2.24) is 4.98 Å². The van der Waals surface area contributed by atoms with E-state index >= 15 is 0 Å². The Morgan fingerprint density at radius 3 is 2.57 bits per heavy atom. The van der Waals surface area contributed by atoms with Crippen molar-refractivity contribution >= 4 is 11.4 Å². The van der Waals surface area contributed by atoms with Gasteiger partial charge in [-0.3, -0.25) is 4.98 Å². The molecular weight excluding hydrogens is 182 g/mol. The minimum absolute atomic E-state index is 0.412. The zero-order valence-electron chi connectivity index (χ0n) is 7.67. The number of nitrogen functional groups attached to an aromatic ring is 1. The highest BCUT2D eigenvalue weighted by Crippen LogP contribution is 2.25. The number of pyridine rings is 1. The summed E-state index contributed by atoms with van der Waals surface area (Å²) in [5, 5.41) is 18.7. The van der Waals surface area contributed by atoms with Crippen LogP contribution in [0.5, 0.6) is 0 Å². The van der Waals surface area contributed by atoms with E-state index in [1.165, 1.54) is 0 Å². The van der Waals surface area contributed by atoms with Gasteiger partial charge in [-0.05, 0) is 6.07 Å². The van der Waals surface area contributed by atoms with Gasteiger partial charge in [0.05, 0.1) is 29.8 Å². The first-order valence-electron chi connectivity index (χ1n) is 4.49. The van der Waals surface area contributed by atoms with Gasteiger partial charge in [0.2, 0.25) is 0 Å². The molecule has 0 bridgehead atoms. The summed E-state index contributed by atoms with van der Waals surface area (Å²) in [5.74, 6) is 0. The highest BCUT2D eigenvalue weighted by Gasteiger charge is 2.30. The van der Waals surface area contributed by atoms with Crippen LogP contribution in [0.3, 0.4) is 0 Å². The lowest BCUT2D eigenvalue weighted by atomic mass is 10.3. The Morgan fingerprint density at radius 1 is 1.36 bits per heavy atom. The topological polar surface area (TPSA) is 82.6 Å². The van der Waals surface area contributed by atoms with E-state index in [0.717, 1.165) is 5.69 Å². The summed E-state index contributed by atoms with van der Waals surface area (Å²) in [5.41, 5.74) is 7.10. The first kappa shape index (κ1) is 9.23. The van der Waals surface area contributed by atoms with Gasteiger partial charge in [-0.15, -0.1) is 0 Å². The number of nitrogens with zero attached hydrogens (tertiary/aromatic N) is 2. The van der Waals surface area contributed by atoms with E-state index in [4.69, 9.17) is 5.73 Å². The van der Waals surface area contributed by atoms with Crippen molar-refractivity contribution in [2.24, 2.45) is 0 Å². The van der Waals surface area contributed by atoms with Gasteiger partial charge in [0.25, 0.3) is 0 Å². The summed E-state index contributed by atoms with van der Waals surface area (Å²) in [6.45, 7) is 0.824. The predicted molar refractivity (Wildman–Crippen MR) is 52.9 cm³/mol. The van der Waals surface area contributed by atoms with E-state index in [1.807, 2.05) is 4.90 Å². The molecule has 2 rings (SSSR count). The van der Waals surface area contributed by atoms with Crippen molar-refractivity contribution in [3.8, 4) is 0 Å². The molecule has 1 aromatic rings. The van der Waals surface area contributed by atoms with Crippen LogP contribution in [0.25, 0.3) is 0 Å². The summed E-state index contributed by atoms with van der Waals surface area (Å²) in [4.78, 5) is 5.73. The monoisotopic (exact) mass is 195 g/mol. The zero-order valence-corrected chi connectivity index (χ0v) is 7.67. The van der Waals surface area contributed by atoms with Crippen molar-refractivity contribution in [2.75, 3.05) is 23.7 Å². The summed E-state index contributed by atoms with van der Waals surface area (Å²) in [7, 11) is 0. The Hall–Kier alpha value is -1.33. The van der Waals surface area contributed by atoms with Crippen molar-refractivity contribution in [2.45, 2.75) is 12.2 Å². The van der Waals surface area contributed by atoms with Crippen LogP contribution >= 0.6 is 0 Å². The Labute approximate surface area is 81.8 Å². The number of hydrogen-bond donors (Lipinski definition) is 3. The van der Waals surface area contributed by atoms with E-state index in [-0.39, 0.29) is 0 Å².